The van der Waals surface area contributed by atoms with Crippen LogP contribution >= 0.6 is 11.8 Å². The highest BCUT2D eigenvalue weighted by atomic mass is 32.2. The van der Waals surface area contributed by atoms with Gasteiger partial charge in [0.2, 0.25) is 5.91 Å². The van der Waals surface area contributed by atoms with Crippen molar-refractivity contribution in [3.05, 3.63) is 54.1 Å². The molecule has 4 rings (SSSR count). The van der Waals surface area contributed by atoms with Gasteiger partial charge in [0.05, 0.1) is 0 Å². The van der Waals surface area contributed by atoms with E-state index in [-0.39, 0.29) is 11.8 Å². The predicted molar refractivity (Wildman–Crippen MR) is 126 cm³/mol. The zero-order valence-electron chi connectivity index (χ0n) is 17.9. The summed E-state index contributed by atoms with van der Waals surface area (Å²) in [6, 6.07) is 16.3. The van der Waals surface area contributed by atoms with Gasteiger partial charge in [-0.1, -0.05) is 24.3 Å². The number of hydrogen-bond acceptors (Lipinski definition) is 5. The van der Waals surface area contributed by atoms with Gasteiger partial charge in [-0.2, -0.15) is 0 Å². The first-order valence-electron chi connectivity index (χ1n) is 11.1. The molecule has 2 aliphatic heterocycles. The summed E-state index contributed by atoms with van der Waals surface area (Å²) >= 11 is 1.70. The Balaban J connectivity index is 1.34. The zero-order valence-corrected chi connectivity index (χ0v) is 18.7. The summed E-state index contributed by atoms with van der Waals surface area (Å²) in [6.07, 6.45) is 5.68. The summed E-state index contributed by atoms with van der Waals surface area (Å²) in [5.74, 6) is 2.53. The summed E-state index contributed by atoms with van der Waals surface area (Å²) in [4.78, 5) is 20.3. The number of carbonyl (C=O) groups excluding carboxylic acids is 1. The fourth-order valence-corrected chi connectivity index (χ4v) is 4.87. The molecule has 0 radical (unpaired) electrons. The quantitative estimate of drug-likeness (QED) is 0.426. The lowest BCUT2D eigenvalue weighted by Gasteiger charge is -2.22. The van der Waals surface area contributed by atoms with Gasteiger partial charge in [-0.25, -0.2) is 4.99 Å². The van der Waals surface area contributed by atoms with Crippen molar-refractivity contribution in [3.63, 3.8) is 0 Å². The maximum atomic E-state index is 12.4. The maximum absolute atomic E-state index is 12.4. The van der Waals surface area contributed by atoms with Gasteiger partial charge in [0.25, 0.3) is 0 Å². The third kappa shape index (κ3) is 6.84. The number of rotatable bonds is 9. The molecule has 31 heavy (non-hydrogen) atoms. The Bertz CT molecular complexity index is 882. The number of hydrogen-bond donors (Lipinski definition) is 0. The Morgan fingerprint density at radius 3 is 2.65 bits per heavy atom. The molecule has 6 heteroatoms. The van der Waals surface area contributed by atoms with Gasteiger partial charge in [0.15, 0.2) is 11.5 Å². The number of fused-ring (bicyclic) bond motifs is 1. The van der Waals surface area contributed by atoms with Crippen LogP contribution in [0.5, 0.6) is 11.5 Å². The molecule has 2 aliphatic rings. The molecule has 0 aliphatic carbocycles. The van der Waals surface area contributed by atoms with E-state index in [0.29, 0.717) is 19.6 Å². The first-order valence-corrected chi connectivity index (χ1v) is 12.1. The molecule has 0 N–H and O–H groups in total. The van der Waals surface area contributed by atoms with E-state index in [9.17, 15) is 4.79 Å². The van der Waals surface area contributed by atoms with Crippen LogP contribution < -0.4 is 9.47 Å². The monoisotopic (exact) mass is 438 g/mol. The Morgan fingerprint density at radius 2 is 1.84 bits per heavy atom. The lowest BCUT2D eigenvalue weighted by molar-refractivity contribution is -0.117. The number of ether oxygens (including phenoxy) is 2. The van der Waals surface area contributed by atoms with Gasteiger partial charge in [-0.05, 0) is 62.2 Å². The third-order valence-electron chi connectivity index (χ3n) is 5.55. The summed E-state index contributed by atoms with van der Waals surface area (Å²) < 4.78 is 11.4. The van der Waals surface area contributed by atoms with Crippen LogP contribution in [0.15, 0.2) is 58.4 Å². The molecule has 2 heterocycles. The number of likely N-dealkylation sites (tertiary alicyclic amines) is 1. The fraction of sp³-hybridized carbons (Fsp3) is 0.440. The van der Waals surface area contributed by atoms with Crippen LogP contribution in [-0.4, -0.2) is 55.6 Å². The minimum absolute atomic E-state index is 0.0444. The van der Waals surface area contributed by atoms with E-state index in [1.807, 2.05) is 30.5 Å². The molecule has 2 aromatic rings. The van der Waals surface area contributed by atoms with Crippen LogP contribution in [0.25, 0.3) is 0 Å². The Hall–Kier alpha value is -2.31. The van der Waals surface area contributed by atoms with E-state index in [4.69, 9.17) is 9.47 Å². The average Bonchev–Trinajstić information content (AvgIpc) is 3.31. The molecule has 164 valence electrons. The molecule has 1 saturated heterocycles. The predicted octanol–water partition coefficient (Wildman–Crippen LogP) is 4.49. The van der Waals surface area contributed by atoms with Crippen molar-refractivity contribution in [2.45, 2.75) is 30.6 Å². The van der Waals surface area contributed by atoms with Crippen molar-refractivity contribution < 1.29 is 14.3 Å². The normalized spacial score (nSPS) is 17.2. The van der Waals surface area contributed by atoms with E-state index < -0.39 is 0 Å². The Morgan fingerprint density at radius 1 is 1.06 bits per heavy atom. The number of nitrogens with zero attached hydrogens (tertiary/aromatic N) is 2. The zero-order chi connectivity index (χ0) is 21.3. The molecule has 5 nitrogen and oxygen atoms in total. The second-order valence-corrected chi connectivity index (χ2v) is 9.20. The first-order chi connectivity index (χ1) is 15.3. The SMILES string of the molecule is O=C(CCSc1ccccc1)N=CC(Cc1ccc2c(c1)OCCO2)CN1CCCC1. The van der Waals surface area contributed by atoms with Gasteiger partial charge in [-0.3, -0.25) is 4.79 Å². The van der Waals surface area contributed by atoms with Crippen LogP contribution in [0.2, 0.25) is 0 Å². The molecule has 1 unspecified atom stereocenters. The fourth-order valence-electron chi connectivity index (χ4n) is 4.00. The van der Waals surface area contributed by atoms with Crippen LogP contribution in [0, 0.1) is 5.92 Å². The van der Waals surface area contributed by atoms with Gasteiger partial charge in [0, 0.05) is 35.7 Å². The van der Waals surface area contributed by atoms with Crippen LogP contribution in [0.3, 0.4) is 0 Å². The second-order valence-electron chi connectivity index (χ2n) is 8.03. The molecular formula is C25H30N2O3S. The van der Waals surface area contributed by atoms with Gasteiger partial charge >= 0.3 is 0 Å². The first kappa shape index (κ1) is 21.9. The maximum Gasteiger partial charge on any atom is 0.246 e. The van der Waals surface area contributed by atoms with Gasteiger partial charge < -0.3 is 14.4 Å². The molecule has 1 amide bonds. The highest BCUT2D eigenvalue weighted by molar-refractivity contribution is 7.99. The smallest absolute Gasteiger partial charge is 0.246 e. The van der Waals surface area contributed by atoms with E-state index in [1.54, 1.807) is 11.8 Å². The van der Waals surface area contributed by atoms with E-state index in [0.717, 1.165) is 43.3 Å². The van der Waals surface area contributed by atoms with Gasteiger partial charge in [0.1, 0.15) is 13.2 Å². The molecule has 1 fully saturated rings. The van der Waals surface area contributed by atoms with Crippen molar-refractivity contribution >= 4 is 23.9 Å². The molecular weight excluding hydrogens is 408 g/mol. The summed E-state index contributed by atoms with van der Waals surface area (Å²) in [5, 5.41) is 0. The minimum Gasteiger partial charge on any atom is -0.486 e. The summed E-state index contributed by atoms with van der Waals surface area (Å²) in [5.41, 5.74) is 1.19. The molecule has 0 aromatic heterocycles. The molecule has 0 spiro atoms. The molecule has 2 aromatic carbocycles. The number of thioether (sulfide) groups is 1. The number of aliphatic imine (C=N–C) groups is 1. The van der Waals surface area contributed by atoms with Crippen molar-refractivity contribution in [1.82, 2.24) is 4.90 Å². The molecule has 1 atom stereocenters. The average molecular weight is 439 g/mol. The van der Waals surface area contributed by atoms with E-state index in [2.05, 4.69) is 34.2 Å². The highest BCUT2D eigenvalue weighted by Crippen LogP contribution is 2.31. The largest absolute Gasteiger partial charge is 0.486 e. The summed E-state index contributed by atoms with van der Waals surface area (Å²) in [7, 11) is 0. The van der Waals surface area contributed by atoms with Crippen molar-refractivity contribution in [2.75, 3.05) is 38.6 Å². The topological polar surface area (TPSA) is 51.1 Å². The van der Waals surface area contributed by atoms with E-state index >= 15 is 0 Å². The Labute approximate surface area is 188 Å². The van der Waals surface area contributed by atoms with Crippen molar-refractivity contribution in [1.29, 1.82) is 0 Å². The van der Waals surface area contributed by atoms with Crippen molar-refractivity contribution in [3.8, 4) is 11.5 Å². The lowest BCUT2D eigenvalue weighted by Crippen LogP contribution is -2.29. The van der Waals surface area contributed by atoms with Crippen LogP contribution in [0.4, 0.5) is 0 Å². The molecule has 0 saturated carbocycles. The lowest BCUT2D eigenvalue weighted by atomic mass is 9.99. The van der Waals surface area contributed by atoms with Crippen LogP contribution in [-0.2, 0) is 11.2 Å². The highest BCUT2D eigenvalue weighted by Gasteiger charge is 2.19. The molecule has 0 bridgehead atoms. The number of amides is 1. The minimum atomic E-state index is -0.0444. The number of carbonyl (C=O) groups is 1. The third-order valence-corrected chi connectivity index (χ3v) is 6.57. The van der Waals surface area contributed by atoms with Gasteiger partial charge in [-0.15, -0.1) is 11.8 Å². The standard InChI is InChI=1S/C25H30N2O3S/c28-25(10-15-31-22-6-2-1-3-7-22)26-18-21(19-27-11-4-5-12-27)16-20-8-9-23-24(17-20)30-14-13-29-23/h1-3,6-9,17-18,21H,4-5,10-16,19H2. The van der Waals surface area contributed by atoms with Crippen LogP contribution in [0.1, 0.15) is 24.8 Å². The van der Waals surface area contributed by atoms with Crippen molar-refractivity contribution in [2.24, 2.45) is 10.9 Å². The summed E-state index contributed by atoms with van der Waals surface area (Å²) in [6.45, 7) is 4.39. The Kier molecular flexibility index (Phi) is 8.02. The number of benzene rings is 2. The second kappa shape index (κ2) is 11.3. The van der Waals surface area contributed by atoms with E-state index in [1.165, 1.54) is 23.3 Å².